The van der Waals surface area contributed by atoms with Crippen molar-refractivity contribution in [3.8, 4) is 6.07 Å². The van der Waals surface area contributed by atoms with Gasteiger partial charge in [-0.15, -0.1) is 0 Å². The highest BCUT2D eigenvalue weighted by Gasteiger charge is 2.30. The number of hydrogen-bond acceptors (Lipinski definition) is 4. The second kappa shape index (κ2) is 5.32. The third-order valence-electron chi connectivity index (χ3n) is 2.86. The predicted octanol–water partition coefficient (Wildman–Crippen LogP) is 3.61. The predicted molar refractivity (Wildman–Crippen MR) is 72.8 cm³/mol. The van der Waals surface area contributed by atoms with Crippen LogP contribution >= 0.6 is 0 Å². The average molecular weight is 292 g/mol. The number of pyridine rings is 1. The van der Waals surface area contributed by atoms with Gasteiger partial charge in [-0.25, -0.2) is 4.98 Å². The third-order valence-corrected chi connectivity index (χ3v) is 2.86. The molecule has 21 heavy (non-hydrogen) atoms. The number of nitriles is 1. The Labute approximate surface area is 119 Å². The molecule has 3 N–H and O–H groups in total. The minimum Gasteiger partial charge on any atom is -0.396 e. The van der Waals surface area contributed by atoms with Crippen LogP contribution in [0.4, 0.5) is 30.4 Å². The Morgan fingerprint density at radius 1 is 1.24 bits per heavy atom. The van der Waals surface area contributed by atoms with Crippen LogP contribution in [-0.4, -0.2) is 4.98 Å². The number of rotatable bonds is 2. The van der Waals surface area contributed by atoms with Crippen LogP contribution in [-0.2, 0) is 6.18 Å². The molecule has 2 rings (SSSR count). The molecule has 108 valence electrons. The summed E-state index contributed by atoms with van der Waals surface area (Å²) in [6, 6.07) is 8.16. The van der Waals surface area contributed by atoms with E-state index in [1.807, 2.05) is 6.07 Å². The smallest absolute Gasteiger partial charge is 0.396 e. The Hall–Kier alpha value is -2.75. The lowest BCUT2D eigenvalue weighted by molar-refractivity contribution is -0.137. The van der Waals surface area contributed by atoms with Crippen molar-refractivity contribution < 1.29 is 13.2 Å². The summed E-state index contributed by atoms with van der Waals surface area (Å²) in [6.45, 7) is 1.67. The fraction of sp³-hybridized carbons (Fsp3) is 0.143. The second-order valence-electron chi connectivity index (χ2n) is 4.40. The van der Waals surface area contributed by atoms with Crippen LogP contribution in [0, 0.1) is 18.3 Å². The van der Waals surface area contributed by atoms with Crippen molar-refractivity contribution in [3.05, 3.63) is 47.2 Å². The number of aromatic nitrogens is 1. The molecule has 0 amide bonds. The molecule has 7 heteroatoms. The van der Waals surface area contributed by atoms with Crippen molar-refractivity contribution >= 4 is 17.2 Å². The first kappa shape index (κ1) is 14.7. The summed E-state index contributed by atoms with van der Waals surface area (Å²) in [5.41, 5.74) is 5.91. The summed E-state index contributed by atoms with van der Waals surface area (Å²) in [7, 11) is 0. The molecule has 0 saturated carbocycles. The molecule has 0 spiro atoms. The molecule has 0 aliphatic carbocycles. The number of benzene rings is 1. The fourth-order valence-corrected chi connectivity index (χ4v) is 1.70. The van der Waals surface area contributed by atoms with E-state index in [0.29, 0.717) is 5.56 Å². The molecule has 0 radical (unpaired) electrons. The number of nitrogen functional groups attached to an aromatic ring is 1. The number of aryl methyl sites for hydroxylation is 1. The summed E-state index contributed by atoms with van der Waals surface area (Å²) >= 11 is 0. The largest absolute Gasteiger partial charge is 0.416 e. The van der Waals surface area contributed by atoms with E-state index in [1.165, 1.54) is 18.2 Å². The number of hydrogen-bond donors (Lipinski definition) is 2. The van der Waals surface area contributed by atoms with E-state index in [2.05, 4.69) is 10.3 Å². The maximum Gasteiger partial charge on any atom is 0.416 e. The van der Waals surface area contributed by atoms with Gasteiger partial charge in [-0.2, -0.15) is 18.4 Å². The van der Waals surface area contributed by atoms with Crippen molar-refractivity contribution in [2.75, 3.05) is 11.1 Å². The number of nitrogens with one attached hydrogen (secondary N) is 1. The summed E-state index contributed by atoms with van der Waals surface area (Å²) in [5.74, 6) is 0.253. The van der Waals surface area contributed by atoms with Crippen molar-refractivity contribution in [2.24, 2.45) is 0 Å². The Kier molecular flexibility index (Phi) is 3.72. The zero-order valence-electron chi connectivity index (χ0n) is 11.0. The Bertz CT molecular complexity index is 717. The molecule has 0 aliphatic heterocycles. The normalized spacial score (nSPS) is 11.0. The van der Waals surface area contributed by atoms with E-state index < -0.39 is 11.7 Å². The van der Waals surface area contributed by atoms with Gasteiger partial charge in [-0.3, -0.25) is 0 Å². The van der Waals surface area contributed by atoms with Crippen LogP contribution in [0.25, 0.3) is 0 Å². The SMILES string of the molecule is Cc1ccc(C(F)(F)F)cc1Nc1ccc(N)c(C#N)n1. The van der Waals surface area contributed by atoms with E-state index in [4.69, 9.17) is 11.0 Å². The molecule has 0 fully saturated rings. The number of nitrogens with zero attached hydrogens (tertiary/aromatic N) is 2. The number of nitrogens with two attached hydrogens (primary N) is 1. The summed E-state index contributed by atoms with van der Waals surface area (Å²) in [4.78, 5) is 3.94. The molecule has 1 heterocycles. The van der Waals surface area contributed by atoms with Crippen LogP contribution in [0.1, 0.15) is 16.8 Å². The maximum atomic E-state index is 12.7. The van der Waals surface area contributed by atoms with Crippen LogP contribution in [0.15, 0.2) is 30.3 Å². The molecule has 0 saturated heterocycles. The zero-order chi connectivity index (χ0) is 15.6. The summed E-state index contributed by atoms with van der Waals surface area (Å²) in [5, 5.41) is 11.6. The molecule has 0 aliphatic rings. The molecule has 2 aromatic rings. The number of halogens is 3. The van der Waals surface area contributed by atoms with Crippen LogP contribution in [0.5, 0.6) is 0 Å². The number of anilines is 3. The highest BCUT2D eigenvalue weighted by atomic mass is 19.4. The van der Waals surface area contributed by atoms with Crippen molar-refractivity contribution in [2.45, 2.75) is 13.1 Å². The summed E-state index contributed by atoms with van der Waals surface area (Å²) in [6.07, 6.45) is -4.42. The Balaban J connectivity index is 2.38. The minimum atomic E-state index is -4.42. The highest BCUT2D eigenvalue weighted by Crippen LogP contribution is 2.32. The van der Waals surface area contributed by atoms with Gasteiger partial charge < -0.3 is 11.1 Å². The highest BCUT2D eigenvalue weighted by molar-refractivity contribution is 5.64. The molecule has 0 bridgehead atoms. The fourth-order valence-electron chi connectivity index (χ4n) is 1.70. The lowest BCUT2D eigenvalue weighted by atomic mass is 10.1. The minimum absolute atomic E-state index is 0.0182. The molecule has 4 nitrogen and oxygen atoms in total. The molecular weight excluding hydrogens is 281 g/mol. The molecular formula is C14H11F3N4. The summed E-state index contributed by atoms with van der Waals surface area (Å²) < 4.78 is 38.1. The second-order valence-corrected chi connectivity index (χ2v) is 4.40. The van der Waals surface area contributed by atoms with Crippen LogP contribution in [0.2, 0.25) is 0 Å². The van der Waals surface area contributed by atoms with Gasteiger partial charge >= 0.3 is 6.18 Å². The zero-order valence-corrected chi connectivity index (χ0v) is 11.0. The van der Waals surface area contributed by atoms with Gasteiger partial charge in [0.15, 0.2) is 5.69 Å². The molecule has 0 atom stereocenters. The van der Waals surface area contributed by atoms with Crippen LogP contribution in [0.3, 0.4) is 0 Å². The van der Waals surface area contributed by atoms with E-state index in [0.717, 1.165) is 12.1 Å². The first-order valence-electron chi connectivity index (χ1n) is 5.93. The lowest BCUT2D eigenvalue weighted by Crippen LogP contribution is -2.06. The quantitative estimate of drug-likeness (QED) is 0.886. The van der Waals surface area contributed by atoms with Gasteiger partial charge in [0.2, 0.25) is 0 Å². The first-order valence-corrected chi connectivity index (χ1v) is 5.93. The maximum absolute atomic E-state index is 12.7. The van der Waals surface area contributed by atoms with Gasteiger partial charge in [-0.1, -0.05) is 6.07 Å². The van der Waals surface area contributed by atoms with Crippen molar-refractivity contribution in [1.82, 2.24) is 4.98 Å². The average Bonchev–Trinajstić information content (AvgIpc) is 2.42. The van der Waals surface area contributed by atoms with Gasteiger partial charge in [-0.05, 0) is 36.8 Å². The molecule has 1 aromatic heterocycles. The van der Waals surface area contributed by atoms with Gasteiger partial charge in [0.05, 0.1) is 11.3 Å². The lowest BCUT2D eigenvalue weighted by Gasteiger charge is -2.13. The molecule has 1 aromatic carbocycles. The van der Waals surface area contributed by atoms with Crippen molar-refractivity contribution in [3.63, 3.8) is 0 Å². The topological polar surface area (TPSA) is 74.7 Å². The van der Waals surface area contributed by atoms with Crippen molar-refractivity contribution in [1.29, 1.82) is 5.26 Å². The molecule has 0 unspecified atom stereocenters. The third kappa shape index (κ3) is 3.23. The van der Waals surface area contributed by atoms with E-state index >= 15 is 0 Å². The monoisotopic (exact) mass is 292 g/mol. The van der Waals surface area contributed by atoms with Gasteiger partial charge in [0.1, 0.15) is 11.9 Å². The Morgan fingerprint density at radius 2 is 1.95 bits per heavy atom. The standard InChI is InChI=1S/C14H11F3N4/c1-8-2-3-9(14(15,16)17)6-11(8)20-13-5-4-10(19)12(7-18)21-13/h2-6H,19H2,1H3,(H,20,21). The van der Waals surface area contributed by atoms with E-state index in [9.17, 15) is 13.2 Å². The van der Waals surface area contributed by atoms with Gasteiger partial charge in [0, 0.05) is 5.69 Å². The Morgan fingerprint density at radius 3 is 2.57 bits per heavy atom. The van der Waals surface area contributed by atoms with E-state index in [1.54, 1.807) is 6.92 Å². The van der Waals surface area contributed by atoms with Gasteiger partial charge in [0.25, 0.3) is 0 Å². The van der Waals surface area contributed by atoms with Crippen LogP contribution < -0.4 is 11.1 Å². The number of alkyl halides is 3. The first-order chi connectivity index (χ1) is 9.81. The van der Waals surface area contributed by atoms with E-state index in [-0.39, 0.29) is 22.9 Å².